The first-order valence-corrected chi connectivity index (χ1v) is 18.0. The maximum atomic E-state index is 14.1. The van der Waals surface area contributed by atoms with E-state index in [4.69, 9.17) is 9.47 Å². The predicted octanol–water partition coefficient (Wildman–Crippen LogP) is 9.75. The number of anilines is 2. The summed E-state index contributed by atoms with van der Waals surface area (Å²) in [6.07, 6.45) is -0.718. The number of aliphatic hydroxyl groups excluding tert-OH is 1. The van der Waals surface area contributed by atoms with E-state index >= 15 is 0 Å². The number of likely N-dealkylation sites (N-methyl/N-ethyl adjacent to an activating group) is 1. The lowest BCUT2D eigenvalue weighted by Gasteiger charge is -2.26. The summed E-state index contributed by atoms with van der Waals surface area (Å²) in [6.45, 7) is 1.38. The van der Waals surface area contributed by atoms with E-state index in [1.54, 1.807) is 0 Å². The monoisotopic (exact) mass is 703 g/mol. The quantitative estimate of drug-likeness (QED) is 0.139. The molecule has 0 aliphatic carbocycles. The van der Waals surface area contributed by atoms with Gasteiger partial charge in [-0.2, -0.15) is 0 Å². The van der Waals surface area contributed by atoms with Crippen LogP contribution in [0.2, 0.25) is 0 Å². The Morgan fingerprint density at radius 3 is 2.04 bits per heavy atom. The summed E-state index contributed by atoms with van der Waals surface area (Å²) in [5, 5.41) is 14.8. The van der Waals surface area contributed by atoms with Gasteiger partial charge in [0.2, 0.25) is 0 Å². The number of nitrogens with zero attached hydrogens (tertiary/aromatic N) is 2. The second kappa shape index (κ2) is 14.5. The van der Waals surface area contributed by atoms with Gasteiger partial charge in [-0.25, -0.2) is 4.39 Å². The number of nitrogens with one attached hydrogen (secondary N) is 1. The van der Waals surface area contributed by atoms with Crippen LogP contribution in [0.5, 0.6) is 0 Å². The molecule has 1 aliphatic rings. The number of rotatable bonds is 10. The molecule has 6 aromatic carbocycles. The number of H-pyrrole nitrogens is 1. The van der Waals surface area contributed by atoms with E-state index in [1.165, 1.54) is 17.5 Å². The number of fused-ring (bicyclic) bond motifs is 2. The van der Waals surface area contributed by atoms with E-state index in [-0.39, 0.29) is 11.7 Å². The van der Waals surface area contributed by atoms with Crippen LogP contribution in [0.25, 0.3) is 33.2 Å². The summed E-state index contributed by atoms with van der Waals surface area (Å²) in [6, 6.07) is 46.2. The highest BCUT2D eigenvalue weighted by Gasteiger charge is 2.23. The molecule has 2 unspecified atom stereocenters. The lowest BCUT2D eigenvalue weighted by atomic mass is 9.82. The van der Waals surface area contributed by atoms with Gasteiger partial charge in [-0.05, 0) is 76.2 Å². The van der Waals surface area contributed by atoms with Gasteiger partial charge in [-0.1, -0.05) is 91.0 Å². The van der Waals surface area contributed by atoms with Gasteiger partial charge in [-0.3, -0.25) is 0 Å². The lowest BCUT2D eigenvalue weighted by Crippen LogP contribution is -2.24. The van der Waals surface area contributed by atoms with Crippen molar-refractivity contribution in [3.05, 3.63) is 179 Å². The minimum atomic E-state index is -0.718. The second-order valence-electron chi connectivity index (χ2n) is 13.8. The fourth-order valence-corrected chi connectivity index (χ4v) is 7.45. The number of hydrogen-bond donors (Lipinski definition) is 2. The topological polar surface area (TPSA) is 61.0 Å². The molecule has 1 aliphatic heterocycles. The van der Waals surface area contributed by atoms with Crippen LogP contribution in [0, 0.1) is 5.82 Å². The number of halogens is 1. The van der Waals surface area contributed by atoms with Crippen molar-refractivity contribution in [1.29, 1.82) is 0 Å². The average Bonchev–Trinajstić information content (AvgIpc) is 3.63. The molecule has 53 heavy (non-hydrogen) atoms. The van der Waals surface area contributed by atoms with E-state index in [0.29, 0.717) is 25.5 Å². The van der Waals surface area contributed by atoms with E-state index in [9.17, 15) is 9.50 Å². The zero-order valence-corrected chi connectivity index (χ0v) is 30.1. The summed E-state index contributed by atoms with van der Waals surface area (Å²) < 4.78 is 26.2. The highest BCUT2D eigenvalue weighted by Crippen LogP contribution is 2.40. The number of benzene rings is 6. The Balaban J connectivity index is 1.05. The third-order valence-electron chi connectivity index (χ3n) is 10.1. The summed E-state index contributed by atoms with van der Waals surface area (Å²) in [5.74, 6) is 1.04. The van der Waals surface area contributed by atoms with Crippen molar-refractivity contribution in [2.45, 2.75) is 12.0 Å². The zero-order chi connectivity index (χ0) is 36.5. The van der Waals surface area contributed by atoms with E-state index in [1.807, 2.05) is 67.7 Å². The van der Waals surface area contributed by atoms with Crippen LogP contribution in [-0.2, 0) is 9.47 Å². The molecule has 0 radical (unpaired) electrons. The fourth-order valence-electron chi connectivity index (χ4n) is 7.45. The maximum absolute atomic E-state index is 14.1. The predicted molar refractivity (Wildman–Crippen MR) is 214 cm³/mol. The van der Waals surface area contributed by atoms with Gasteiger partial charge in [0.25, 0.3) is 0 Å². The van der Waals surface area contributed by atoms with Crippen molar-refractivity contribution in [2.75, 3.05) is 50.7 Å². The van der Waals surface area contributed by atoms with Crippen molar-refractivity contribution in [2.24, 2.45) is 0 Å². The highest BCUT2D eigenvalue weighted by atomic mass is 19.1. The van der Waals surface area contributed by atoms with E-state index < -0.39 is 6.10 Å². The van der Waals surface area contributed by atoms with E-state index in [0.717, 1.165) is 66.9 Å². The van der Waals surface area contributed by atoms with Gasteiger partial charge in [0, 0.05) is 66.8 Å². The second-order valence-corrected chi connectivity index (χ2v) is 13.8. The van der Waals surface area contributed by atoms with Gasteiger partial charge in [0.1, 0.15) is 19.0 Å². The summed E-state index contributed by atoms with van der Waals surface area (Å²) >= 11 is 0. The minimum Gasteiger partial charge on any atom is -0.485 e. The number of aromatic nitrogens is 1. The molecule has 2 heterocycles. The van der Waals surface area contributed by atoms with Gasteiger partial charge in [-0.15, -0.1) is 0 Å². The Morgan fingerprint density at radius 1 is 0.679 bits per heavy atom. The highest BCUT2D eigenvalue weighted by molar-refractivity contribution is 5.97. The molecule has 8 rings (SSSR count). The van der Waals surface area contributed by atoms with Crippen LogP contribution in [0.15, 0.2) is 140 Å². The van der Waals surface area contributed by atoms with Crippen LogP contribution in [0.4, 0.5) is 15.8 Å². The smallest absolute Gasteiger partial charge is 0.185 e. The van der Waals surface area contributed by atoms with Gasteiger partial charge >= 0.3 is 0 Å². The molecule has 0 saturated carbocycles. The Bertz CT molecular complexity index is 2400. The third kappa shape index (κ3) is 6.84. The molecule has 7 heteroatoms. The number of ether oxygens (including phenoxy) is 2. The number of aliphatic hydroxyl groups is 1. The standard InChI is InChI=1S/C46H42FN3O3/c1-49(2)42-24-22-39(37-11-7-8-12-38(37)42)44(30-13-18-35(47)19-14-30)31-15-20-36(21-16-31)50(3)29-43(51)33-17-23-40-34(27-33)28-41(48-40)46-45(52-25-26-53-46)32-9-5-4-6-10-32/h4-24,27-28,43-44,48,51H,25-26,29H2,1-3H3. The molecule has 6 nitrogen and oxygen atoms in total. The van der Waals surface area contributed by atoms with Crippen LogP contribution < -0.4 is 9.80 Å². The van der Waals surface area contributed by atoms with Crippen molar-refractivity contribution in [3.8, 4) is 0 Å². The van der Waals surface area contributed by atoms with Crippen LogP contribution in [-0.4, -0.2) is 51.0 Å². The van der Waals surface area contributed by atoms with Gasteiger partial charge < -0.3 is 29.4 Å². The van der Waals surface area contributed by atoms with E-state index in [2.05, 4.69) is 95.6 Å². The third-order valence-corrected chi connectivity index (χ3v) is 10.1. The molecule has 1 aromatic heterocycles. The van der Waals surface area contributed by atoms with Crippen LogP contribution in [0.3, 0.4) is 0 Å². The minimum absolute atomic E-state index is 0.107. The summed E-state index contributed by atoms with van der Waals surface area (Å²) in [7, 11) is 6.11. The Labute approximate surface area is 309 Å². The number of aromatic amines is 1. The SMILES string of the molecule is CN(C)c1ccc(C(c2ccc(F)cc2)c2ccc(N(C)CC(O)c3ccc4[nH]c(C5=C(c6ccccc6)OCCO5)cc4c3)cc2)c2ccccc12. The fraction of sp³-hybridized carbons (Fsp3) is 0.174. The maximum Gasteiger partial charge on any atom is 0.185 e. The number of hydrogen-bond acceptors (Lipinski definition) is 5. The van der Waals surface area contributed by atoms with Gasteiger partial charge in [0.15, 0.2) is 11.5 Å². The molecule has 7 aromatic rings. The molecule has 2 atom stereocenters. The molecule has 266 valence electrons. The first-order chi connectivity index (χ1) is 25.8. The molecule has 0 bridgehead atoms. The largest absolute Gasteiger partial charge is 0.485 e. The summed E-state index contributed by atoms with van der Waals surface area (Å²) in [5.41, 5.74) is 8.99. The van der Waals surface area contributed by atoms with Crippen molar-refractivity contribution < 1.29 is 19.0 Å². The zero-order valence-electron chi connectivity index (χ0n) is 30.1. The Hall–Kier alpha value is -6.05. The Kier molecular flexibility index (Phi) is 9.33. The molecular weight excluding hydrogens is 662 g/mol. The molecule has 0 fully saturated rings. The normalized spacial score (nSPS) is 14.1. The molecule has 0 amide bonds. The van der Waals surface area contributed by atoms with Crippen LogP contribution in [0.1, 0.15) is 45.5 Å². The Morgan fingerprint density at radius 2 is 1.32 bits per heavy atom. The first-order valence-electron chi connectivity index (χ1n) is 18.0. The molecule has 0 saturated heterocycles. The average molecular weight is 704 g/mol. The van der Waals surface area contributed by atoms with Gasteiger partial charge in [0.05, 0.1) is 11.8 Å². The van der Waals surface area contributed by atoms with Crippen molar-refractivity contribution >= 4 is 44.6 Å². The van der Waals surface area contributed by atoms with Crippen molar-refractivity contribution in [1.82, 2.24) is 4.98 Å². The lowest BCUT2D eigenvalue weighted by molar-refractivity contribution is 0.143. The van der Waals surface area contributed by atoms with Crippen LogP contribution >= 0.6 is 0 Å². The molecular formula is C46H42FN3O3. The molecule has 0 spiro atoms. The van der Waals surface area contributed by atoms with Crippen molar-refractivity contribution in [3.63, 3.8) is 0 Å². The first kappa shape index (κ1) is 34.1. The molecule has 2 N–H and O–H groups in total. The summed E-state index contributed by atoms with van der Waals surface area (Å²) in [4.78, 5) is 7.68.